The van der Waals surface area contributed by atoms with Gasteiger partial charge < -0.3 is 9.84 Å². The molecule has 1 aliphatic heterocycles. The fraction of sp³-hybridized carbons (Fsp3) is 0.300. The van der Waals surface area contributed by atoms with Crippen LogP contribution in [0.2, 0.25) is 0 Å². The Morgan fingerprint density at radius 1 is 1.07 bits per heavy atom. The maximum Gasteiger partial charge on any atom is 0.243 e. The number of aromatic nitrogens is 1. The molecule has 4 rings (SSSR count). The molecule has 1 N–H and O–H groups in total. The number of nitrogens with one attached hydrogen (secondary N) is 1. The quantitative estimate of drug-likeness (QED) is 0.688. The van der Waals surface area contributed by atoms with Crippen LogP contribution in [0.1, 0.15) is 12.6 Å². The molecular formula is C20H22N4O4S. The summed E-state index contributed by atoms with van der Waals surface area (Å²) in [7, 11) is -3.57. The Hall–Kier alpha value is -2.75. The van der Waals surface area contributed by atoms with Gasteiger partial charge in [-0.1, -0.05) is 17.3 Å². The Labute approximate surface area is 169 Å². The molecule has 0 saturated carbocycles. The van der Waals surface area contributed by atoms with Gasteiger partial charge in [0.25, 0.3) is 0 Å². The van der Waals surface area contributed by atoms with Gasteiger partial charge in [0.1, 0.15) is 5.69 Å². The van der Waals surface area contributed by atoms with Crippen molar-refractivity contribution in [3.8, 4) is 0 Å². The van der Waals surface area contributed by atoms with Crippen LogP contribution < -0.4 is 5.32 Å². The van der Waals surface area contributed by atoms with E-state index in [1.54, 1.807) is 12.1 Å². The fourth-order valence-electron chi connectivity index (χ4n) is 3.45. The van der Waals surface area contributed by atoms with Crippen LogP contribution in [0, 0.1) is 0 Å². The third-order valence-corrected chi connectivity index (χ3v) is 6.88. The van der Waals surface area contributed by atoms with Gasteiger partial charge in [0.2, 0.25) is 15.9 Å². The molecule has 8 nitrogen and oxygen atoms in total. The molecule has 0 unspecified atom stereocenters. The number of para-hydroxylation sites is 1. The number of sulfonamides is 1. The van der Waals surface area contributed by atoms with E-state index in [-0.39, 0.29) is 10.8 Å². The third kappa shape index (κ3) is 4.16. The summed E-state index contributed by atoms with van der Waals surface area (Å²) in [4.78, 5) is 13.5. The molecule has 1 fully saturated rings. The number of carbonyl (C=O) groups excluding carboxylic acids is 1. The Kier molecular flexibility index (Phi) is 5.35. The number of fused-ring (bicyclic) bond motifs is 1. The van der Waals surface area contributed by atoms with Crippen molar-refractivity contribution in [2.75, 3.05) is 31.5 Å². The average Bonchev–Trinajstić information content (AvgIpc) is 3.11. The third-order valence-electron chi connectivity index (χ3n) is 4.97. The molecule has 1 aromatic heterocycles. The van der Waals surface area contributed by atoms with E-state index in [1.165, 1.54) is 23.4 Å². The summed E-state index contributed by atoms with van der Waals surface area (Å²) in [5, 5.41) is 7.78. The minimum absolute atomic E-state index is 0.198. The Bertz CT molecular complexity index is 1120. The van der Waals surface area contributed by atoms with Gasteiger partial charge in [0.15, 0.2) is 5.58 Å². The second-order valence-corrected chi connectivity index (χ2v) is 8.95. The molecule has 0 radical (unpaired) electrons. The molecule has 3 aromatic rings. The summed E-state index contributed by atoms with van der Waals surface area (Å²) in [5.74, 6) is -0.198. The summed E-state index contributed by atoms with van der Waals surface area (Å²) in [6.07, 6.45) is 0. The molecule has 0 spiro atoms. The number of amides is 1. The number of piperazine rings is 1. The molecule has 29 heavy (non-hydrogen) atoms. The predicted molar refractivity (Wildman–Crippen MR) is 109 cm³/mol. The molecular weight excluding hydrogens is 392 g/mol. The van der Waals surface area contributed by atoms with E-state index in [0.717, 1.165) is 16.7 Å². The summed E-state index contributed by atoms with van der Waals surface area (Å²) >= 11 is 0. The van der Waals surface area contributed by atoms with E-state index in [1.807, 2.05) is 24.3 Å². The van der Waals surface area contributed by atoms with Gasteiger partial charge >= 0.3 is 0 Å². The number of hydrogen-bond acceptors (Lipinski definition) is 6. The summed E-state index contributed by atoms with van der Waals surface area (Å²) in [6.45, 7) is 4.08. The number of rotatable bonds is 5. The van der Waals surface area contributed by atoms with E-state index >= 15 is 0 Å². The molecule has 0 atom stereocenters. The lowest BCUT2D eigenvalue weighted by atomic mass is 10.2. The molecule has 1 amide bonds. The molecule has 9 heteroatoms. The van der Waals surface area contributed by atoms with Gasteiger partial charge in [-0.2, -0.15) is 4.31 Å². The van der Waals surface area contributed by atoms with Crippen molar-refractivity contribution in [2.45, 2.75) is 18.4 Å². The van der Waals surface area contributed by atoms with Crippen LogP contribution in [0.5, 0.6) is 0 Å². The van der Waals surface area contributed by atoms with Gasteiger partial charge in [0, 0.05) is 50.7 Å². The largest absolute Gasteiger partial charge is 0.356 e. The monoisotopic (exact) mass is 414 g/mol. The van der Waals surface area contributed by atoms with Crippen LogP contribution in [0.25, 0.3) is 11.0 Å². The van der Waals surface area contributed by atoms with Gasteiger partial charge in [0.05, 0.1) is 4.90 Å². The molecule has 0 bridgehead atoms. The van der Waals surface area contributed by atoms with Crippen molar-refractivity contribution in [1.29, 1.82) is 0 Å². The minimum Gasteiger partial charge on any atom is -0.356 e. The second kappa shape index (κ2) is 7.94. The lowest BCUT2D eigenvalue weighted by Gasteiger charge is -2.33. The minimum atomic E-state index is -3.57. The number of benzene rings is 2. The lowest BCUT2D eigenvalue weighted by molar-refractivity contribution is -0.114. The van der Waals surface area contributed by atoms with Crippen LogP contribution in [0.15, 0.2) is 57.9 Å². The highest BCUT2D eigenvalue weighted by molar-refractivity contribution is 7.89. The van der Waals surface area contributed by atoms with Gasteiger partial charge in [-0.3, -0.25) is 9.69 Å². The van der Waals surface area contributed by atoms with Gasteiger partial charge in [-0.25, -0.2) is 8.42 Å². The fourth-order valence-corrected chi connectivity index (χ4v) is 4.88. The van der Waals surface area contributed by atoms with Crippen LogP contribution in [-0.4, -0.2) is 54.9 Å². The van der Waals surface area contributed by atoms with E-state index in [4.69, 9.17) is 4.52 Å². The summed E-state index contributed by atoms with van der Waals surface area (Å²) < 4.78 is 32.7. The van der Waals surface area contributed by atoms with Crippen molar-refractivity contribution in [3.05, 3.63) is 54.2 Å². The average molecular weight is 414 g/mol. The topological polar surface area (TPSA) is 95.8 Å². The number of carbonyl (C=O) groups is 1. The first-order chi connectivity index (χ1) is 13.9. The predicted octanol–water partition coefficient (Wildman–Crippen LogP) is 2.29. The zero-order valence-corrected chi connectivity index (χ0v) is 16.9. The highest BCUT2D eigenvalue weighted by atomic mass is 32.2. The SMILES string of the molecule is CC(=O)Nc1ccc(S(=O)(=O)N2CCN(Cc3noc4ccccc34)CC2)cc1. The van der Waals surface area contributed by atoms with Crippen molar-refractivity contribution in [2.24, 2.45) is 0 Å². The number of hydrogen-bond donors (Lipinski definition) is 1. The first-order valence-corrected chi connectivity index (χ1v) is 10.8. The maximum atomic E-state index is 12.9. The number of anilines is 1. The van der Waals surface area contributed by atoms with Gasteiger partial charge in [-0.15, -0.1) is 0 Å². The zero-order chi connectivity index (χ0) is 20.4. The normalized spacial score (nSPS) is 16.2. The molecule has 2 aromatic carbocycles. The van der Waals surface area contributed by atoms with Gasteiger partial charge in [-0.05, 0) is 36.4 Å². The van der Waals surface area contributed by atoms with Crippen molar-refractivity contribution >= 4 is 32.6 Å². The second-order valence-electron chi connectivity index (χ2n) is 7.01. The van der Waals surface area contributed by atoms with E-state index in [2.05, 4.69) is 15.4 Å². The van der Waals surface area contributed by atoms with E-state index in [0.29, 0.717) is 38.4 Å². The lowest BCUT2D eigenvalue weighted by Crippen LogP contribution is -2.48. The molecule has 1 saturated heterocycles. The van der Waals surface area contributed by atoms with Crippen molar-refractivity contribution in [1.82, 2.24) is 14.4 Å². The van der Waals surface area contributed by atoms with E-state index in [9.17, 15) is 13.2 Å². The Balaban J connectivity index is 1.40. The van der Waals surface area contributed by atoms with Crippen LogP contribution in [-0.2, 0) is 21.4 Å². The molecule has 2 heterocycles. The van der Waals surface area contributed by atoms with Crippen LogP contribution in [0.3, 0.4) is 0 Å². The summed E-state index contributed by atoms with van der Waals surface area (Å²) in [5.41, 5.74) is 2.19. The van der Waals surface area contributed by atoms with Crippen molar-refractivity contribution < 1.29 is 17.7 Å². The smallest absolute Gasteiger partial charge is 0.243 e. The van der Waals surface area contributed by atoms with Crippen LogP contribution in [0.4, 0.5) is 5.69 Å². The molecule has 152 valence electrons. The molecule has 0 aliphatic carbocycles. The van der Waals surface area contributed by atoms with Crippen LogP contribution >= 0.6 is 0 Å². The maximum absolute atomic E-state index is 12.9. The highest BCUT2D eigenvalue weighted by Gasteiger charge is 2.29. The zero-order valence-electron chi connectivity index (χ0n) is 16.0. The first-order valence-electron chi connectivity index (χ1n) is 9.37. The number of nitrogens with zero attached hydrogens (tertiary/aromatic N) is 3. The Morgan fingerprint density at radius 3 is 2.45 bits per heavy atom. The first kappa shape index (κ1) is 19.6. The molecule has 1 aliphatic rings. The standard InChI is InChI=1S/C20H22N4O4S/c1-15(25)21-16-6-8-17(9-7-16)29(26,27)24-12-10-23(11-13-24)14-19-18-4-2-3-5-20(18)28-22-19/h2-9H,10-14H2,1H3,(H,21,25). The summed E-state index contributed by atoms with van der Waals surface area (Å²) in [6, 6.07) is 14.0. The van der Waals surface area contributed by atoms with E-state index < -0.39 is 10.0 Å². The Morgan fingerprint density at radius 2 is 1.76 bits per heavy atom. The highest BCUT2D eigenvalue weighted by Crippen LogP contribution is 2.22. The van der Waals surface area contributed by atoms with Crippen molar-refractivity contribution in [3.63, 3.8) is 0 Å².